The zero-order chi connectivity index (χ0) is 14.1. The zero-order valence-corrected chi connectivity index (χ0v) is 12.8. The lowest BCUT2D eigenvalue weighted by molar-refractivity contribution is -0.170. The lowest BCUT2D eigenvalue weighted by atomic mass is 9.57. The molecule has 2 bridgehead atoms. The Kier molecular flexibility index (Phi) is 3.76. The smallest absolute Gasteiger partial charge is 0.189 e. The molecular formula is C18H26O2. The van der Waals surface area contributed by atoms with Crippen LogP contribution in [0.25, 0.3) is 0 Å². The molecule has 0 unspecified atom stereocenters. The van der Waals surface area contributed by atoms with Gasteiger partial charge in [-0.3, -0.25) is 0 Å². The van der Waals surface area contributed by atoms with E-state index in [0.29, 0.717) is 12.2 Å². The van der Waals surface area contributed by atoms with Gasteiger partial charge in [-0.1, -0.05) is 31.0 Å². The summed E-state index contributed by atoms with van der Waals surface area (Å²) in [4.78, 5) is 0. The molecule has 110 valence electrons. The van der Waals surface area contributed by atoms with E-state index >= 15 is 0 Å². The van der Waals surface area contributed by atoms with Crippen LogP contribution in [0.5, 0.6) is 5.75 Å². The standard InChI is InChI=1S/C18H26O2/c1-3-17-8-11-18(12-9-17,13-10-17)20-14-19-16-6-4-15(2)5-7-16/h4-7H,3,8-14H2,1-2H3. The van der Waals surface area contributed by atoms with Crippen LogP contribution in [0.3, 0.4) is 0 Å². The molecule has 3 saturated carbocycles. The molecular weight excluding hydrogens is 248 g/mol. The molecule has 1 aromatic rings. The third-order valence-corrected chi connectivity index (χ3v) is 5.69. The first-order valence-corrected chi connectivity index (χ1v) is 7.99. The molecule has 0 saturated heterocycles. The van der Waals surface area contributed by atoms with Crippen molar-refractivity contribution in [3.05, 3.63) is 29.8 Å². The lowest BCUT2D eigenvalue weighted by Gasteiger charge is -2.52. The molecule has 0 aliphatic heterocycles. The quantitative estimate of drug-likeness (QED) is 0.714. The van der Waals surface area contributed by atoms with Gasteiger partial charge < -0.3 is 9.47 Å². The third kappa shape index (κ3) is 2.71. The molecule has 1 aromatic carbocycles. The average molecular weight is 274 g/mol. The summed E-state index contributed by atoms with van der Waals surface area (Å²) >= 11 is 0. The van der Waals surface area contributed by atoms with Gasteiger partial charge in [0.25, 0.3) is 0 Å². The molecule has 0 heterocycles. The van der Waals surface area contributed by atoms with Gasteiger partial charge in [-0.25, -0.2) is 0 Å². The normalized spacial score (nSPS) is 32.3. The van der Waals surface area contributed by atoms with Crippen LogP contribution in [0.4, 0.5) is 0 Å². The van der Waals surface area contributed by atoms with Crippen molar-refractivity contribution in [3.8, 4) is 5.75 Å². The van der Waals surface area contributed by atoms with Crippen LogP contribution in [0.15, 0.2) is 24.3 Å². The van der Waals surface area contributed by atoms with Crippen molar-refractivity contribution in [2.45, 2.75) is 64.4 Å². The first-order valence-electron chi connectivity index (χ1n) is 7.99. The van der Waals surface area contributed by atoms with Gasteiger partial charge in [0.1, 0.15) is 5.75 Å². The van der Waals surface area contributed by atoms with Crippen molar-refractivity contribution in [2.75, 3.05) is 6.79 Å². The van der Waals surface area contributed by atoms with Crippen molar-refractivity contribution < 1.29 is 9.47 Å². The van der Waals surface area contributed by atoms with E-state index in [1.54, 1.807) is 0 Å². The Morgan fingerprint density at radius 1 is 0.950 bits per heavy atom. The summed E-state index contributed by atoms with van der Waals surface area (Å²) < 4.78 is 11.9. The molecule has 0 radical (unpaired) electrons. The number of hydrogen-bond acceptors (Lipinski definition) is 2. The fourth-order valence-electron chi connectivity index (χ4n) is 3.83. The number of ether oxygens (including phenoxy) is 2. The number of aryl methyl sites for hydroxylation is 1. The van der Waals surface area contributed by atoms with Gasteiger partial charge in [-0.2, -0.15) is 0 Å². The molecule has 3 aliphatic carbocycles. The molecule has 3 fully saturated rings. The van der Waals surface area contributed by atoms with E-state index in [1.807, 2.05) is 12.1 Å². The van der Waals surface area contributed by atoms with Crippen molar-refractivity contribution in [3.63, 3.8) is 0 Å². The molecule has 0 aromatic heterocycles. The third-order valence-electron chi connectivity index (χ3n) is 5.69. The topological polar surface area (TPSA) is 18.5 Å². The molecule has 4 rings (SSSR count). The largest absolute Gasteiger partial charge is 0.468 e. The van der Waals surface area contributed by atoms with E-state index in [2.05, 4.69) is 26.0 Å². The molecule has 0 spiro atoms. The maximum atomic E-state index is 6.16. The Hall–Kier alpha value is -1.02. The highest BCUT2D eigenvalue weighted by molar-refractivity contribution is 5.26. The zero-order valence-electron chi connectivity index (χ0n) is 12.8. The Balaban J connectivity index is 1.51. The highest BCUT2D eigenvalue weighted by atomic mass is 16.7. The van der Waals surface area contributed by atoms with Crippen LogP contribution in [-0.2, 0) is 4.74 Å². The van der Waals surface area contributed by atoms with E-state index in [1.165, 1.54) is 50.5 Å². The second-order valence-electron chi connectivity index (χ2n) is 6.76. The van der Waals surface area contributed by atoms with Crippen LogP contribution in [-0.4, -0.2) is 12.4 Å². The van der Waals surface area contributed by atoms with E-state index in [-0.39, 0.29) is 5.60 Å². The minimum atomic E-state index is 0.113. The van der Waals surface area contributed by atoms with Gasteiger partial charge in [0.05, 0.1) is 5.60 Å². The molecule has 0 amide bonds. The predicted octanol–water partition coefficient (Wildman–Crippen LogP) is 4.85. The fourth-order valence-corrected chi connectivity index (χ4v) is 3.83. The SMILES string of the molecule is CCC12CCC(OCOc3ccc(C)cc3)(CC1)CC2. The summed E-state index contributed by atoms with van der Waals surface area (Å²) in [7, 11) is 0. The van der Waals surface area contributed by atoms with Crippen LogP contribution < -0.4 is 4.74 Å². The highest BCUT2D eigenvalue weighted by Gasteiger charge is 2.48. The van der Waals surface area contributed by atoms with Gasteiger partial charge in [-0.15, -0.1) is 0 Å². The van der Waals surface area contributed by atoms with Crippen LogP contribution in [0.1, 0.15) is 57.4 Å². The van der Waals surface area contributed by atoms with Crippen molar-refractivity contribution >= 4 is 0 Å². The average Bonchev–Trinajstić information content (AvgIpc) is 2.51. The van der Waals surface area contributed by atoms with Gasteiger partial charge in [0.2, 0.25) is 0 Å². The monoisotopic (exact) mass is 274 g/mol. The van der Waals surface area contributed by atoms with Crippen molar-refractivity contribution in [2.24, 2.45) is 5.41 Å². The number of rotatable bonds is 5. The Morgan fingerprint density at radius 2 is 1.55 bits per heavy atom. The van der Waals surface area contributed by atoms with Crippen LogP contribution >= 0.6 is 0 Å². The summed E-state index contributed by atoms with van der Waals surface area (Å²) in [6.45, 7) is 4.82. The van der Waals surface area contributed by atoms with Gasteiger partial charge in [0, 0.05) is 0 Å². The molecule has 3 aliphatic rings. The van der Waals surface area contributed by atoms with Crippen molar-refractivity contribution in [1.82, 2.24) is 0 Å². The number of fused-ring (bicyclic) bond motifs is 3. The maximum Gasteiger partial charge on any atom is 0.189 e. The molecule has 2 heteroatoms. The van der Waals surface area contributed by atoms with E-state index in [4.69, 9.17) is 9.47 Å². The first kappa shape index (κ1) is 13.9. The minimum absolute atomic E-state index is 0.113. The van der Waals surface area contributed by atoms with Gasteiger partial charge in [-0.05, 0) is 63.0 Å². The number of hydrogen-bond donors (Lipinski definition) is 0. The summed E-state index contributed by atoms with van der Waals surface area (Å²) in [6.07, 6.45) is 9.02. The van der Waals surface area contributed by atoms with Gasteiger partial charge >= 0.3 is 0 Å². The summed E-state index contributed by atoms with van der Waals surface area (Å²) in [6, 6.07) is 8.18. The molecule has 20 heavy (non-hydrogen) atoms. The summed E-state index contributed by atoms with van der Waals surface area (Å²) in [5, 5.41) is 0. The minimum Gasteiger partial charge on any atom is -0.468 e. The van der Waals surface area contributed by atoms with E-state index < -0.39 is 0 Å². The second kappa shape index (κ2) is 5.40. The van der Waals surface area contributed by atoms with E-state index in [9.17, 15) is 0 Å². The van der Waals surface area contributed by atoms with Crippen LogP contribution in [0.2, 0.25) is 0 Å². The Bertz CT molecular complexity index is 424. The second-order valence-corrected chi connectivity index (χ2v) is 6.76. The molecule has 0 N–H and O–H groups in total. The fraction of sp³-hybridized carbons (Fsp3) is 0.667. The summed E-state index contributed by atoms with van der Waals surface area (Å²) in [5.41, 5.74) is 2.01. The Labute approximate surface area is 122 Å². The lowest BCUT2D eigenvalue weighted by Crippen LogP contribution is -2.48. The van der Waals surface area contributed by atoms with Gasteiger partial charge in [0.15, 0.2) is 6.79 Å². The van der Waals surface area contributed by atoms with Crippen LogP contribution in [0, 0.1) is 12.3 Å². The molecule has 0 atom stereocenters. The van der Waals surface area contributed by atoms with Crippen molar-refractivity contribution in [1.29, 1.82) is 0 Å². The van der Waals surface area contributed by atoms with E-state index in [0.717, 1.165) is 5.75 Å². The first-order chi connectivity index (χ1) is 9.65. The maximum absolute atomic E-state index is 6.16. The highest BCUT2D eigenvalue weighted by Crippen LogP contribution is 2.55. The number of benzene rings is 1. The Morgan fingerprint density at radius 3 is 2.10 bits per heavy atom. The predicted molar refractivity (Wildman–Crippen MR) is 80.9 cm³/mol. The summed E-state index contributed by atoms with van der Waals surface area (Å²) in [5.74, 6) is 0.904. The molecule has 2 nitrogen and oxygen atoms in total.